The lowest BCUT2D eigenvalue weighted by Gasteiger charge is -2.03. The highest BCUT2D eigenvalue weighted by Gasteiger charge is 2.05. The Balaban J connectivity index is 2.32. The molecule has 0 saturated carbocycles. The lowest BCUT2D eigenvalue weighted by atomic mass is 10.1. The average Bonchev–Trinajstić information content (AvgIpc) is 2.51. The molecule has 0 spiro atoms. The summed E-state index contributed by atoms with van der Waals surface area (Å²) in [6.07, 6.45) is 5.93. The van der Waals surface area contributed by atoms with Crippen LogP contribution in [0.2, 0.25) is 0 Å². The molecule has 1 aromatic heterocycles. The number of carbonyl (C=O) groups is 1. The first-order chi connectivity index (χ1) is 5.70. The lowest BCUT2D eigenvalue weighted by molar-refractivity contribution is -0.122. The first-order valence-electron chi connectivity index (χ1n) is 4.18. The Bertz CT molecular complexity index is 239. The smallest absolute Gasteiger partial charge is 0.137 e. The number of rotatable bonds is 4. The van der Waals surface area contributed by atoms with Gasteiger partial charge in [-0.3, -0.25) is 4.79 Å². The zero-order chi connectivity index (χ0) is 8.97. The number of hydrogen-bond donors (Lipinski definition) is 0. The number of carbonyl (C=O) groups excluding carboxylic acids is 1. The molecule has 0 atom stereocenters. The minimum absolute atomic E-state index is 0.147. The quantitative estimate of drug-likeness (QED) is 0.679. The van der Waals surface area contributed by atoms with Gasteiger partial charge in [0.05, 0.1) is 6.33 Å². The van der Waals surface area contributed by atoms with Gasteiger partial charge in [0.2, 0.25) is 0 Å². The van der Waals surface area contributed by atoms with Gasteiger partial charge in [-0.2, -0.15) is 0 Å². The number of aryl methyl sites for hydroxylation is 1. The van der Waals surface area contributed by atoms with E-state index in [2.05, 4.69) is 4.98 Å². The van der Waals surface area contributed by atoms with Crippen molar-refractivity contribution >= 4 is 5.78 Å². The van der Waals surface area contributed by atoms with Crippen molar-refractivity contribution < 1.29 is 4.79 Å². The van der Waals surface area contributed by atoms with Crippen LogP contribution >= 0.6 is 0 Å². The van der Waals surface area contributed by atoms with Crippen molar-refractivity contribution in [3.05, 3.63) is 18.7 Å². The molecule has 0 aliphatic rings. The molecule has 1 aromatic rings. The Hall–Kier alpha value is -1.12. The van der Waals surface area contributed by atoms with E-state index in [0.717, 1.165) is 6.54 Å². The molecule has 66 valence electrons. The molecule has 0 radical (unpaired) electrons. The third-order valence-electron chi connectivity index (χ3n) is 1.82. The molecule has 3 nitrogen and oxygen atoms in total. The molecule has 0 fully saturated rings. The van der Waals surface area contributed by atoms with E-state index in [1.807, 2.05) is 24.6 Å². The van der Waals surface area contributed by atoms with E-state index in [4.69, 9.17) is 0 Å². The van der Waals surface area contributed by atoms with Crippen molar-refractivity contribution in [1.29, 1.82) is 0 Å². The third kappa shape index (κ3) is 2.49. The van der Waals surface area contributed by atoms with Crippen LogP contribution in [0.1, 0.15) is 20.3 Å². The molecular formula is C9H14N2O. The maximum Gasteiger partial charge on any atom is 0.137 e. The summed E-state index contributed by atoms with van der Waals surface area (Å²) in [7, 11) is 0. The predicted octanol–water partition coefficient (Wildman–Crippen LogP) is 1.50. The predicted molar refractivity (Wildman–Crippen MR) is 46.7 cm³/mol. The molecule has 0 aliphatic carbocycles. The van der Waals surface area contributed by atoms with Crippen LogP contribution < -0.4 is 0 Å². The molecule has 0 bridgehead atoms. The van der Waals surface area contributed by atoms with E-state index in [-0.39, 0.29) is 5.92 Å². The topological polar surface area (TPSA) is 34.9 Å². The fourth-order valence-corrected chi connectivity index (χ4v) is 0.947. The number of Topliss-reactive ketones (excluding diaryl/α,β-unsaturated/α-hetero) is 1. The molecular weight excluding hydrogens is 152 g/mol. The van der Waals surface area contributed by atoms with Gasteiger partial charge in [-0.15, -0.1) is 0 Å². The summed E-state index contributed by atoms with van der Waals surface area (Å²) in [5, 5.41) is 0. The van der Waals surface area contributed by atoms with Gasteiger partial charge in [0.25, 0.3) is 0 Å². The van der Waals surface area contributed by atoms with Crippen LogP contribution in [0.25, 0.3) is 0 Å². The number of hydrogen-bond acceptors (Lipinski definition) is 2. The summed E-state index contributed by atoms with van der Waals surface area (Å²) >= 11 is 0. The second-order valence-corrected chi connectivity index (χ2v) is 3.17. The van der Waals surface area contributed by atoms with Gasteiger partial charge in [0.15, 0.2) is 0 Å². The number of ketones is 1. The van der Waals surface area contributed by atoms with E-state index in [1.165, 1.54) is 0 Å². The van der Waals surface area contributed by atoms with Gasteiger partial charge in [-0.1, -0.05) is 13.8 Å². The monoisotopic (exact) mass is 166 g/mol. The molecule has 1 rings (SSSR count). The summed E-state index contributed by atoms with van der Waals surface area (Å²) in [5.41, 5.74) is 0. The maximum absolute atomic E-state index is 11.2. The summed E-state index contributed by atoms with van der Waals surface area (Å²) in [6, 6.07) is 0. The van der Waals surface area contributed by atoms with Crippen LogP contribution in [0.5, 0.6) is 0 Å². The highest BCUT2D eigenvalue weighted by Crippen LogP contribution is 2.00. The lowest BCUT2D eigenvalue weighted by Crippen LogP contribution is -2.10. The van der Waals surface area contributed by atoms with Crippen LogP contribution in [0.4, 0.5) is 0 Å². The zero-order valence-electron chi connectivity index (χ0n) is 7.53. The van der Waals surface area contributed by atoms with E-state index in [9.17, 15) is 4.79 Å². The van der Waals surface area contributed by atoms with Crippen molar-refractivity contribution in [1.82, 2.24) is 9.55 Å². The van der Waals surface area contributed by atoms with Crippen molar-refractivity contribution in [2.45, 2.75) is 26.8 Å². The van der Waals surface area contributed by atoms with E-state index in [0.29, 0.717) is 12.2 Å². The van der Waals surface area contributed by atoms with Crippen LogP contribution in [0, 0.1) is 5.92 Å². The molecule has 1 heterocycles. The Morgan fingerprint density at radius 3 is 2.83 bits per heavy atom. The summed E-state index contributed by atoms with van der Waals surface area (Å²) in [6.45, 7) is 4.60. The van der Waals surface area contributed by atoms with Gasteiger partial charge in [-0.05, 0) is 0 Å². The standard InChI is InChI=1S/C9H14N2O/c1-8(2)9(12)3-5-11-6-4-10-7-11/h4,6-8H,3,5H2,1-2H3. The van der Waals surface area contributed by atoms with Gasteiger partial charge in [0, 0.05) is 31.3 Å². The summed E-state index contributed by atoms with van der Waals surface area (Å²) in [4.78, 5) is 15.1. The van der Waals surface area contributed by atoms with Gasteiger partial charge in [0.1, 0.15) is 5.78 Å². The molecule has 0 aromatic carbocycles. The highest BCUT2D eigenvalue weighted by atomic mass is 16.1. The Morgan fingerprint density at radius 1 is 1.58 bits per heavy atom. The van der Waals surface area contributed by atoms with Crippen LogP contribution in [0.3, 0.4) is 0 Å². The first kappa shape index (κ1) is 8.97. The maximum atomic E-state index is 11.2. The van der Waals surface area contributed by atoms with Crippen molar-refractivity contribution in [2.75, 3.05) is 0 Å². The minimum atomic E-state index is 0.147. The largest absolute Gasteiger partial charge is 0.337 e. The second-order valence-electron chi connectivity index (χ2n) is 3.17. The summed E-state index contributed by atoms with van der Waals surface area (Å²) in [5.74, 6) is 0.456. The SMILES string of the molecule is CC(C)C(=O)CCn1ccnc1. The number of imidazole rings is 1. The van der Waals surface area contributed by atoms with Crippen molar-refractivity contribution in [3.63, 3.8) is 0 Å². The normalized spacial score (nSPS) is 10.6. The van der Waals surface area contributed by atoms with Gasteiger partial charge >= 0.3 is 0 Å². The van der Waals surface area contributed by atoms with E-state index in [1.54, 1.807) is 12.5 Å². The van der Waals surface area contributed by atoms with E-state index < -0.39 is 0 Å². The zero-order valence-corrected chi connectivity index (χ0v) is 7.53. The first-order valence-corrected chi connectivity index (χ1v) is 4.18. The Labute approximate surface area is 72.4 Å². The second kappa shape index (κ2) is 4.04. The van der Waals surface area contributed by atoms with E-state index >= 15 is 0 Å². The molecule has 0 amide bonds. The molecule has 12 heavy (non-hydrogen) atoms. The van der Waals surface area contributed by atoms with Crippen molar-refractivity contribution in [3.8, 4) is 0 Å². The average molecular weight is 166 g/mol. The Kier molecular flexibility index (Phi) is 3.02. The minimum Gasteiger partial charge on any atom is -0.337 e. The molecule has 0 unspecified atom stereocenters. The highest BCUT2D eigenvalue weighted by molar-refractivity contribution is 5.80. The molecule has 3 heteroatoms. The van der Waals surface area contributed by atoms with Gasteiger partial charge < -0.3 is 4.57 Å². The molecule has 0 saturated heterocycles. The fraction of sp³-hybridized carbons (Fsp3) is 0.556. The van der Waals surface area contributed by atoms with Crippen LogP contribution in [-0.4, -0.2) is 15.3 Å². The molecule has 0 aliphatic heterocycles. The van der Waals surface area contributed by atoms with Crippen LogP contribution in [-0.2, 0) is 11.3 Å². The third-order valence-corrected chi connectivity index (χ3v) is 1.82. The summed E-state index contributed by atoms with van der Waals surface area (Å²) < 4.78 is 1.92. The van der Waals surface area contributed by atoms with Gasteiger partial charge in [-0.25, -0.2) is 4.98 Å². The number of aromatic nitrogens is 2. The van der Waals surface area contributed by atoms with Crippen molar-refractivity contribution in [2.24, 2.45) is 5.92 Å². The molecule has 0 N–H and O–H groups in total. The Morgan fingerprint density at radius 2 is 2.33 bits per heavy atom. The number of nitrogens with zero attached hydrogens (tertiary/aromatic N) is 2. The fourth-order valence-electron chi connectivity index (χ4n) is 0.947. The van der Waals surface area contributed by atoms with Crippen LogP contribution in [0.15, 0.2) is 18.7 Å².